The molecular weight excluding hydrogens is 232 g/mol. The molecule has 0 saturated heterocycles. The van der Waals surface area contributed by atoms with Gasteiger partial charge in [0.25, 0.3) is 5.91 Å². The van der Waals surface area contributed by atoms with Crippen molar-refractivity contribution in [1.29, 1.82) is 0 Å². The lowest BCUT2D eigenvalue weighted by Crippen LogP contribution is -2.27. The second-order valence-electron chi connectivity index (χ2n) is 3.11. The molecule has 1 aromatic heterocycles. The van der Waals surface area contributed by atoms with Gasteiger partial charge >= 0.3 is 0 Å². The Kier molecular flexibility index (Phi) is 4.32. The maximum atomic E-state index is 11.4. The number of carbonyl (C=O) groups excluding carboxylic acids is 1. The normalized spacial score (nSPS) is 11.1. The summed E-state index contributed by atoms with van der Waals surface area (Å²) in [7, 11) is -3.46. The molecule has 0 spiro atoms. The number of nitrogens with zero attached hydrogens (tertiary/aromatic N) is 2. The van der Waals surface area contributed by atoms with Gasteiger partial charge in [0, 0.05) is 6.54 Å². The minimum absolute atomic E-state index is 0.151. The molecule has 0 aliphatic carbocycles. The molecule has 3 N–H and O–H groups in total. The first kappa shape index (κ1) is 12.5. The van der Waals surface area contributed by atoms with E-state index >= 15 is 0 Å². The van der Waals surface area contributed by atoms with Gasteiger partial charge in [-0.2, -0.15) is 10.2 Å². The number of nitrogens with one attached hydrogen (secondary N) is 1. The first-order chi connectivity index (χ1) is 7.49. The van der Waals surface area contributed by atoms with Crippen molar-refractivity contribution in [3.8, 4) is 0 Å². The van der Waals surface area contributed by atoms with Crippen LogP contribution >= 0.6 is 0 Å². The molecule has 8 heteroatoms. The quantitative estimate of drug-likeness (QED) is 0.637. The Morgan fingerprint density at radius 3 is 2.75 bits per heavy atom. The van der Waals surface area contributed by atoms with Gasteiger partial charge in [-0.3, -0.25) is 4.79 Å². The fourth-order valence-electron chi connectivity index (χ4n) is 1.00. The number of nitrogens with two attached hydrogens (primary N) is 1. The third-order valence-corrected chi connectivity index (χ3v) is 2.60. The number of sulfonamides is 1. The van der Waals surface area contributed by atoms with Crippen LogP contribution in [0.5, 0.6) is 0 Å². The summed E-state index contributed by atoms with van der Waals surface area (Å²) in [6.07, 6.45) is 3.01. The summed E-state index contributed by atoms with van der Waals surface area (Å²) < 4.78 is 21.2. The van der Waals surface area contributed by atoms with Crippen LogP contribution in [-0.4, -0.2) is 36.8 Å². The zero-order valence-electron chi connectivity index (χ0n) is 8.46. The second-order valence-corrected chi connectivity index (χ2v) is 4.84. The van der Waals surface area contributed by atoms with Crippen LogP contribution in [0.4, 0.5) is 0 Å². The van der Waals surface area contributed by atoms with E-state index in [4.69, 9.17) is 5.14 Å². The molecule has 1 heterocycles. The molecule has 0 atom stereocenters. The number of aromatic nitrogens is 2. The van der Waals surface area contributed by atoms with Gasteiger partial charge in [-0.1, -0.05) is 0 Å². The third-order valence-electron chi connectivity index (χ3n) is 1.74. The number of hydrogen-bond donors (Lipinski definition) is 2. The maximum absolute atomic E-state index is 11.4. The van der Waals surface area contributed by atoms with E-state index in [1.165, 1.54) is 18.5 Å². The summed E-state index contributed by atoms with van der Waals surface area (Å²) >= 11 is 0. The molecule has 0 unspecified atom stereocenters. The van der Waals surface area contributed by atoms with Crippen LogP contribution < -0.4 is 10.5 Å². The minimum Gasteiger partial charge on any atom is -0.352 e. The number of primary sulfonamides is 1. The lowest BCUT2D eigenvalue weighted by Gasteiger charge is -2.03. The summed E-state index contributed by atoms with van der Waals surface area (Å²) in [6, 6.07) is 1.52. The Bertz CT molecular complexity index is 446. The smallest absolute Gasteiger partial charge is 0.252 e. The van der Waals surface area contributed by atoms with Crippen molar-refractivity contribution in [1.82, 2.24) is 15.5 Å². The van der Waals surface area contributed by atoms with Gasteiger partial charge in [0.1, 0.15) is 0 Å². The first-order valence-electron chi connectivity index (χ1n) is 4.54. The van der Waals surface area contributed by atoms with Crippen LogP contribution in [0.3, 0.4) is 0 Å². The fourth-order valence-corrected chi connectivity index (χ4v) is 1.55. The molecule has 88 valence electrons. The van der Waals surface area contributed by atoms with E-state index < -0.39 is 10.0 Å². The van der Waals surface area contributed by atoms with Crippen molar-refractivity contribution in [2.45, 2.75) is 6.42 Å². The van der Waals surface area contributed by atoms with E-state index in [0.29, 0.717) is 5.56 Å². The Balaban J connectivity index is 2.32. The Hall–Kier alpha value is -1.54. The summed E-state index contributed by atoms with van der Waals surface area (Å²) in [6.45, 7) is 0.248. The van der Waals surface area contributed by atoms with Crippen molar-refractivity contribution < 1.29 is 13.2 Å². The highest BCUT2D eigenvalue weighted by Gasteiger charge is 2.06. The van der Waals surface area contributed by atoms with E-state index in [2.05, 4.69) is 15.5 Å². The highest BCUT2D eigenvalue weighted by atomic mass is 32.2. The van der Waals surface area contributed by atoms with Crippen molar-refractivity contribution in [2.24, 2.45) is 5.14 Å². The Morgan fingerprint density at radius 1 is 1.44 bits per heavy atom. The zero-order chi connectivity index (χ0) is 12.0. The minimum atomic E-state index is -3.46. The van der Waals surface area contributed by atoms with E-state index in [-0.39, 0.29) is 24.6 Å². The summed E-state index contributed by atoms with van der Waals surface area (Å²) in [5, 5.41) is 14.4. The molecule has 1 rings (SSSR count). The first-order valence-corrected chi connectivity index (χ1v) is 6.26. The second kappa shape index (κ2) is 5.52. The predicted octanol–water partition coefficient (Wildman–Crippen LogP) is -1.11. The number of hydrogen-bond acceptors (Lipinski definition) is 5. The monoisotopic (exact) mass is 244 g/mol. The zero-order valence-corrected chi connectivity index (χ0v) is 9.27. The Morgan fingerprint density at radius 2 is 2.19 bits per heavy atom. The molecular formula is C8H12N4O3S. The standard InChI is InChI=1S/C8H12N4O3S/c9-16(14,15)5-1-3-10-8(13)7-2-4-11-12-6-7/h2,4,6H,1,3,5H2,(H,10,13)(H2,9,14,15). The molecule has 7 nitrogen and oxygen atoms in total. The van der Waals surface area contributed by atoms with Gasteiger partial charge in [0.15, 0.2) is 0 Å². The van der Waals surface area contributed by atoms with Crippen LogP contribution in [0, 0.1) is 0 Å². The van der Waals surface area contributed by atoms with E-state index in [9.17, 15) is 13.2 Å². The van der Waals surface area contributed by atoms with Gasteiger partial charge in [-0.25, -0.2) is 13.6 Å². The molecule has 0 bridgehead atoms. The number of amides is 1. The average molecular weight is 244 g/mol. The molecule has 0 saturated carbocycles. The molecule has 0 fully saturated rings. The van der Waals surface area contributed by atoms with E-state index in [1.54, 1.807) is 0 Å². The van der Waals surface area contributed by atoms with Gasteiger partial charge < -0.3 is 5.32 Å². The summed E-state index contributed by atoms with van der Waals surface area (Å²) in [5.41, 5.74) is 0.380. The van der Waals surface area contributed by atoms with Gasteiger partial charge in [0.2, 0.25) is 10.0 Å². The molecule has 1 amide bonds. The van der Waals surface area contributed by atoms with Crippen molar-refractivity contribution >= 4 is 15.9 Å². The van der Waals surface area contributed by atoms with Crippen LogP contribution in [0.25, 0.3) is 0 Å². The van der Waals surface area contributed by atoms with Crippen LogP contribution in [0.1, 0.15) is 16.8 Å². The maximum Gasteiger partial charge on any atom is 0.252 e. The van der Waals surface area contributed by atoms with Crippen LogP contribution in [-0.2, 0) is 10.0 Å². The van der Waals surface area contributed by atoms with Gasteiger partial charge in [-0.05, 0) is 12.5 Å². The lowest BCUT2D eigenvalue weighted by atomic mass is 10.3. The van der Waals surface area contributed by atoms with Gasteiger partial charge in [0.05, 0.1) is 23.7 Å². The highest BCUT2D eigenvalue weighted by molar-refractivity contribution is 7.89. The van der Waals surface area contributed by atoms with Crippen molar-refractivity contribution in [3.05, 3.63) is 24.0 Å². The largest absolute Gasteiger partial charge is 0.352 e. The van der Waals surface area contributed by atoms with Crippen LogP contribution in [0.15, 0.2) is 18.5 Å². The molecule has 16 heavy (non-hydrogen) atoms. The third kappa shape index (κ3) is 4.80. The average Bonchev–Trinajstić information content (AvgIpc) is 2.24. The van der Waals surface area contributed by atoms with Crippen molar-refractivity contribution in [3.63, 3.8) is 0 Å². The van der Waals surface area contributed by atoms with Gasteiger partial charge in [-0.15, -0.1) is 0 Å². The lowest BCUT2D eigenvalue weighted by molar-refractivity contribution is 0.0953. The predicted molar refractivity (Wildman–Crippen MR) is 57.0 cm³/mol. The summed E-state index contributed by atoms with van der Waals surface area (Å²) in [5.74, 6) is -0.466. The molecule has 0 aliphatic heterocycles. The molecule has 0 aliphatic rings. The van der Waals surface area contributed by atoms with E-state index in [1.807, 2.05) is 0 Å². The van der Waals surface area contributed by atoms with E-state index in [0.717, 1.165) is 0 Å². The molecule has 0 aromatic carbocycles. The summed E-state index contributed by atoms with van der Waals surface area (Å²) in [4.78, 5) is 11.4. The van der Waals surface area contributed by atoms with Crippen molar-refractivity contribution in [2.75, 3.05) is 12.3 Å². The molecule has 1 aromatic rings. The highest BCUT2D eigenvalue weighted by Crippen LogP contribution is 1.93. The molecule has 0 radical (unpaired) electrons. The SMILES string of the molecule is NS(=O)(=O)CCCNC(=O)c1ccnnc1. The number of rotatable bonds is 5. The Labute approximate surface area is 93.1 Å². The number of carbonyl (C=O) groups is 1. The van der Waals surface area contributed by atoms with Crippen LogP contribution in [0.2, 0.25) is 0 Å². The topological polar surface area (TPSA) is 115 Å². The fraction of sp³-hybridized carbons (Fsp3) is 0.375.